The first-order valence-electron chi connectivity index (χ1n) is 12.4. The summed E-state index contributed by atoms with van der Waals surface area (Å²) in [6.45, 7) is 4.75. The van der Waals surface area contributed by atoms with Gasteiger partial charge in [-0.2, -0.15) is 0 Å². The van der Waals surface area contributed by atoms with Crippen LogP contribution in [0.4, 0.5) is 13.2 Å². The van der Waals surface area contributed by atoms with Crippen LogP contribution in [0.25, 0.3) is 0 Å². The van der Waals surface area contributed by atoms with E-state index in [1.54, 1.807) is 18.2 Å². The summed E-state index contributed by atoms with van der Waals surface area (Å²) in [7, 11) is 0. The molecule has 2 heterocycles. The van der Waals surface area contributed by atoms with Crippen LogP contribution < -0.4 is 20.9 Å². The van der Waals surface area contributed by atoms with Crippen molar-refractivity contribution in [2.75, 3.05) is 13.2 Å². The van der Waals surface area contributed by atoms with Crippen LogP contribution in [-0.2, 0) is 9.47 Å². The fourth-order valence-electron chi connectivity index (χ4n) is 3.84. The highest BCUT2D eigenvalue weighted by atomic mass is 19.2. The maximum absolute atomic E-state index is 13.5. The largest absolute Gasteiger partial charge is 0.508 e. The lowest BCUT2D eigenvalue weighted by Crippen LogP contribution is -2.23. The minimum Gasteiger partial charge on any atom is -0.508 e. The van der Waals surface area contributed by atoms with Crippen molar-refractivity contribution in [1.29, 1.82) is 0 Å². The molecule has 4 rings (SSSR count). The van der Waals surface area contributed by atoms with Crippen LogP contribution in [0.2, 0.25) is 0 Å². The van der Waals surface area contributed by atoms with Crippen LogP contribution >= 0.6 is 0 Å². The van der Waals surface area contributed by atoms with Gasteiger partial charge in [0.1, 0.15) is 36.9 Å². The molecular weight excluding hydrogens is 505 g/mol. The van der Waals surface area contributed by atoms with Crippen LogP contribution in [0, 0.1) is 17.5 Å². The Labute approximate surface area is 219 Å². The molecular formula is C26H33F3N4O5. The lowest BCUT2D eigenvalue weighted by molar-refractivity contribution is 0.161. The zero-order valence-electron chi connectivity index (χ0n) is 21.3. The molecule has 2 aromatic carbocycles. The van der Waals surface area contributed by atoms with Crippen molar-refractivity contribution >= 4 is 12.0 Å². The molecule has 0 radical (unpaired) electrons. The minimum absolute atomic E-state index is 0.0371. The quantitative estimate of drug-likeness (QED) is 0.389. The summed E-state index contributed by atoms with van der Waals surface area (Å²) in [4.78, 5) is 8.21. The topological polar surface area (TPSA) is 134 Å². The lowest BCUT2D eigenvalue weighted by Gasteiger charge is -2.19. The van der Waals surface area contributed by atoms with Crippen molar-refractivity contribution < 1.29 is 37.2 Å². The van der Waals surface area contributed by atoms with E-state index >= 15 is 0 Å². The van der Waals surface area contributed by atoms with Crippen LogP contribution in [0.1, 0.15) is 39.5 Å². The number of halogens is 3. The van der Waals surface area contributed by atoms with Gasteiger partial charge in [0.25, 0.3) is 12.0 Å². The van der Waals surface area contributed by atoms with Gasteiger partial charge in [-0.15, -0.1) is 0 Å². The average Bonchev–Trinajstić information content (AvgIpc) is 3.48. The summed E-state index contributed by atoms with van der Waals surface area (Å²) in [6, 6.07) is 8.23. The molecule has 0 amide bonds. The third-order valence-electron chi connectivity index (χ3n) is 5.84. The molecule has 0 aliphatic carbocycles. The molecule has 0 aromatic heterocycles. The number of phenols is 1. The Morgan fingerprint density at radius 3 is 1.92 bits per heavy atom. The molecule has 2 aliphatic heterocycles. The molecule has 208 valence electrons. The van der Waals surface area contributed by atoms with E-state index in [2.05, 4.69) is 16.9 Å². The molecule has 38 heavy (non-hydrogen) atoms. The van der Waals surface area contributed by atoms with Crippen molar-refractivity contribution in [1.82, 2.24) is 0 Å². The fourth-order valence-corrected chi connectivity index (χ4v) is 3.84. The summed E-state index contributed by atoms with van der Waals surface area (Å²) >= 11 is 0. The number of nitrogens with zero attached hydrogens (tertiary/aromatic N) is 2. The first kappa shape index (κ1) is 28.7. The SMILES string of the molecule is CC[C@@H](C[C@H]1COC(N)=N1)Oc1cc(F)c(F)cc1F.CC[C@@H](C[C@H]1COC(N)=N1)Oc1cccc(O)c1. The predicted molar refractivity (Wildman–Crippen MR) is 136 cm³/mol. The van der Waals surface area contributed by atoms with E-state index in [1.165, 1.54) is 0 Å². The Hall–Kier alpha value is -3.83. The molecule has 9 nitrogen and oxygen atoms in total. The first-order valence-corrected chi connectivity index (χ1v) is 12.4. The second-order valence-corrected chi connectivity index (χ2v) is 8.83. The first-order chi connectivity index (χ1) is 18.2. The van der Waals surface area contributed by atoms with Crippen molar-refractivity contribution in [3.05, 3.63) is 53.8 Å². The Kier molecular flexibility index (Phi) is 10.3. The van der Waals surface area contributed by atoms with Gasteiger partial charge < -0.3 is 35.5 Å². The van der Waals surface area contributed by atoms with E-state index in [0.717, 1.165) is 12.8 Å². The number of hydrogen-bond donors (Lipinski definition) is 3. The van der Waals surface area contributed by atoms with Gasteiger partial charge in [0, 0.05) is 31.0 Å². The predicted octanol–water partition coefficient (Wildman–Crippen LogP) is 4.02. The molecule has 2 aliphatic rings. The molecule has 12 heteroatoms. The third-order valence-corrected chi connectivity index (χ3v) is 5.84. The maximum atomic E-state index is 13.5. The number of benzene rings is 2. The smallest absolute Gasteiger partial charge is 0.282 e. The molecule has 4 atom stereocenters. The van der Waals surface area contributed by atoms with E-state index in [1.807, 2.05) is 13.0 Å². The Balaban J connectivity index is 0.000000212. The normalized spacial score (nSPS) is 19.7. The molecule has 0 unspecified atom stereocenters. The minimum atomic E-state index is -1.25. The monoisotopic (exact) mass is 538 g/mol. The number of ether oxygens (including phenoxy) is 4. The molecule has 0 spiro atoms. The van der Waals surface area contributed by atoms with Crippen LogP contribution in [0.15, 0.2) is 46.4 Å². The van der Waals surface area contributed by atoms with E-state index < -0.39 is 23.6 Å². The van der Waals surface area contributed by atoms with Crippen molar-refractivity contribution in [2.45, 2.75) is 63.8 Å². The van der Waals surface area contributed by atoms with Gasteiger partial charge in [-0.1, -0.05) is 19.9 Å². The maximum Gasteiger partial charge on any atom is 0.282 e. The Morgan fingerprint density at radius 2 is 1.42 bits per heavy atom. The summed E-state index contributed by atoms with van der Waals surface area (Å²) in [5.74, 6) is -2.78. The van der Waals surface area contributed by atoms with Gasteiger partial charge >= 0.3 is 0 Å². The Morgan fingerprint density at radius 1 is 0.868 bits per heavy atom. The van der Waals surface area contributed by atoms with Crippen molar-refractivity contribution in [3.63, 3.8) is 0 Å². The van der Waals surface area contributed by atoms with E-state index in [4.69, 9.17) is 30.4 Å². The van der Waals surface area contributed by atoms with E-state index in [9.17, 15) is 18.3 Å². The molecule has 0 saturated carbocycles. The third kappa shape index (κ3) is 8.63. The molecule has 5 N–H and O–H groups in total. The average molecular weight is 539 g/mol. The summed E-state index contributed by atoms with van der Waals surface area (Å²) in [6.07, 6.45) is 2.28. The number of aliphatic imine (C=N–C) groups is 2. The van der Waals surface area contributed by atoms with Crippen LogP contribution in [-0.4, -0.2) is 54.7 Å². The van der Waals surface area contributed by atoms with Gasteiger partial charge in [0.2, 0.25) is 0 Å². The zero-order chi connectivity index (χ0) is 27.7. The zero-order valence-corrected chi connectivity index (χ0v) is 21.3. The number of amidine groups is 2. The summed E-state index contributed by atoms with van der Waals surface area (Å²) < 4.78 is 60.7. The van der Waals surface area contributed by atoms with Gasteiger partial charge in [0.15, 0.2) is 23.2 Å². The second kappa shape index (κ2) is 13.6. The van der Waals surface area contributed by atoms with Gasteiger partial charge in [-0.3, -0.25) is 0 Å². The highest BCUT2D eigenvalue weighted by Gasteiger charge is 2.24. The number of hydrogen-bond acceptors (Lipinski definition) is 9. The second-order valence-electron chi connectivity index (χ2n) is 8.83. The highest BCUT2D eigenvalue weighted by molar-refractivity contribution is 5.73. The van der Waals surface area contributed by atoms with Gasteiger partial charge in [-0.05, 0) is 25.0 Å². The van der Waals surface area contributed by atoms with Crippen LogP contribution in [0.5, 0.6) is 17.2 Å². The van der Waals surface area contributed by atoms with E-state index in [0.29, 0.717) is 43.9 Å². The van der Waals surface area contributed by atoms with Crippen molar-refractivity contribution in [2.24, 2.45) is 21.5 Å². The van der Waals surface area contributed by atoms with Gasteiger partial charge in [0.05, 0.1) is 12.1 Å². The van der Waals surface area contributed by atoms with Gasteiger partial charge in [-0.25, -0.2) is 23.2 Å². The van der Waals surface area contributed by atoms with E-state index in [-0.39, 0.29) is 41.7 Å². The molecule has 0 bridgehead atoms. The fraction of sp³-hybridized carbons (Fsp3) is 0.462. The summed E-state index contributed by atoms with van der Waals surface area (Å²) in [5.41, 5.74) is 10.9. The number of phenolic OH excluding ortho intramolecular Hbond substituents is 1. The van der Waals surface area contributed by atoms with Crippen molar-refractivity contribution in [3.8, 4) is 17.2 Å². The number of nitrogens with two attached hydrogens (primary N) is 2. The number of rotatable bonds is 10. The number of aromatic hydroxyl groups is 1. The standard InChI is InChI=1S/C13H15F3N2O2.C13H18N2O3/c1-2-8(3-7-6-19-13(17)18-7)20-12-5-10(15)9(14)4-11(12)16;1-2-11(6-9-8-17-13(14)15-9)18-12-5-3-4-10(16)7-12/h4-5,7-8H,2-3,6H2,1H3,(H2,17,18);3-5,7,9,11,16H,2,6,8H2,1H3,(H2,14,15)/t7-,8-;9-,11-/m00/s1. The molecule has 0 saturated heterocycles. The lowest BCUT2D eigenvalue weighted by atomic mass is 10.1. The summed E-state index contributed by atoms with van der Waals surface area (Å²) in [5, 5.41) is 9.38. The molecule has 2 aromatic rings. The highest BCUT2D eigenvalue weighted by Crippen LogP contribution is 2.25. The Bertz CT molecular complexity index is 1130. The molecule has 0 fully saturated rings. The van der Waals surface area contributed by atoms with Crippen LogP contribution in [0.3, 0.4) is 0 Å².